The fraction of sp³-hybridized carbons (Fsp3) is 0.167. The number of imide groups is 1. The average Bonchev–Trinajstić information content (AvgIpc) is 2.81. The molecule has 0 saturated carbocycles. The van der Waals surface area contributed by atoms with Crippen LogP contribution in [0.2, 0.25) is 0 Å². The van der Waals surface area contributed by atoms with Gasteiger partial charge < -0.3 is 5.73 Å². The largest absolute Gasteiger partial charge is 0.326 e. The van der Waals surface area contributed by atoms with E-state index in [-0.39, 0.29) is 24.4 Å². The molecule has 1 heterocycles. The number of fused-ring (bicyclic) bond motifs is 1. The SMILES string of the molecule is N#Cc1ccc(C[C@@H](N)CN2C(=O)c3ccccc3C2=O)cc1. The Hall–Kier alpha value is -2.97. The molecule has 3 rings (SSSR count). The number of nitrogens with zero attached hydrogens (tertiary/aromatic N) is 2. The molecule has 0 aromatic heterocycles. The molecule has 5 heteroatoms. The number of rotatable bonds is 4. The van der Waals surface area contributed by atoms with Gasteiger partial charge in [0.05, 0.1) is 22.8 Å². The Morgan fingerprint density at radius 1 is 1.00 bits per heavy atom. The highest BCUT2D eigenvalue weighted by Gasteiger charge is 2.35. The first-order valence-electron chi connectivity index (χ1n) is 7.30. The minimum absolute atomic E-state index is 0.173. The first-order valence-corrected chi connectivity index (χ1v) is 7.30. The third-order valence-electron chi connectivity index (χ3n) is 3.88. The second-order valence-corrected chi connectivity index (χ2v) is 5.54. The van der Waals surface area contributed by atoms with Gasteiger partial charge in [-0.25, -0.2) is 0 Å². The number of hydrogen-bond donors (Lipinski definition) is 1. The Bertz CT molecular complexity index is 771. The lowest BCUT2D eigenvalue weighted by atomic mass is 10.0. The summed E-state index contributed by atoms with van der Waals surface area (Å²) in [5, 5.41) is 8.79. The molecular formula is C18H15N3O2. The molecule has 2 N–H and O–H groups in total. The summed E-state index contributed by atoms with van der Waals surface area (Å²) in [5.41, 5.74) is 8.52. The Labute approximate surface area is 133 Å². The third-order valence-corrected chi connectivity index (χ3v) is 3.88. The molecule has 0 radical (unpaired) electrons. The summed E-state index contributed by atoms with van der Waals surface area (Å²) < 4.78 is 0. The van der Waals surface area contributed by atoms with Gasteiger partial charge in [-0.3, -0.25) is 14.5 Å². The molecule has 0 unspecified atom stereocenters. The molecule has 0 saturated heterocycles. The van der Waals surface area contributed by atoms with E-state index in [0.717, 1.165) is 5.56 Å². The maximum atomic E-state index is 12.3. The number of carbonyl (C=O) groups is 2. The molecule has 1 atom stereocenters. The fourth-order valence-electron chi connectivity index (χ4n) is 2.72. The molecule has 114 valence electrons. The van der Waals surface area contributed by atoms with Crippen LogP contribution < -0.4 is 5.73 Å². The molecule has 2 amide bonds. The Balaban J connectivity index is 1.69. The molecule has 5 nitrogen and oxygen atoms in total. The van der Waals surface area contributed by atoms with Crippen molar-refractivity contribution >= 4 is 11.8 Å². The predicted octanol–water partition coefficient (Wildman–Crippen LogP) is 1.72. The summed E-state index contributed by atoms with van der Waals surface area (Å²) in [5.74, 6) is -0.582. The molecule has 1 aliphatic rings. The van der Waals surface area contributed by atoms with E-state index in [1.807, 2.05) is 12.1 Å². The van der Waals surface area contributed by atoms with Gasteiger partial charge >= 0.3 is 0 Å². The van der Waals surface area contributed by atoms with Gasteiger partial charge in [-0.1, -0.05) is 24.3 Å². The van der Waals surface area contributed by atoms with Crippen molar-refractivity contribution in [1.82, 2.24) is 4.90 Å². The topological polar surface area (TPSA) is 87.2 Å². The van der Waals surface area contributed by atoms with Crippen LogP contribution in [-0.2, 0) is 6.42 Å². The van der Waals surface area contributed by atoms with Crippen molar-refractivity contribution in [1.29, 1.82) is 5.26 Å². The lowest BCUT2D eigenvalue weighted by molar-refractivity contribution is 0.0644. The minimum Gasteiger partial charge on any atom is -0.326 e. The second kappa shape index (κ2) is 6.03. The smallest absolute Gasteiger partial charge is 0.261 e. The van der Waals surface area contributed by atoms with Crippen LogP contribution in [-0.4, -0.2) is 29.3 Å². The summed E-state index contributed by atoms with van der Waals surface area (Å²) >= 11 is 0. The van der Waals surface area contributed by atoms with Gasteiger partial charge in [0, 0.05) is 12.6 Å². The van der Waals surface area contributed by atoms with Gasteiger partial charge in [-0.05, 0) is 36.2 Å². The first-order chi connectivity index (χ1) is 11.1. The molecule has 2 aromatic rings. The van der Waals surface area contributed by atoms with Crippen LogP contribution in [0.5, 0.6) is 0 Å². The second-order valence-electron chi connectivity index (χ2n) is 5.54. The van der Waals surface area contributed by atoms with E-state index in [2.05, 4.69) is 6.07 Å². The number of hydrogen-bond acceptors (Lipinski definition) is 4. The van der Waals surface area contributed by atoms with E-state index >= 15 is 0 Å². The van der Waals surface area contributed by atoms with E-state index < -0.39 is 0 Å². The van der Waals surface area contributed by atoms with Crippen molar-refractivity contribution in [2.45, 2.75) is 12.5 Å². The minimum atomic E-state index is -0.356. The van der Waals surface area contributed by atoms with Crippen molar-refractivity contribution in [3.63, 3.8) is 0 Å². The van der Waals surface area contributed by atoms with E-state index in [9.17, 15) is 9.59 Å². The van der Waals surface area contributed by atoms with Gasteiger partial charge in [-0.2, -0.15) is 5.26 Å². The van der Waals surface area contributed by atoms with Crippen molar-refractivity contribution in [2.75, 3.05) is 6.54 Å². The number of benzene rings is 2. The zero-order valence-electron chi connectivity index (χ0n) is 12.4. The zero-order chi connectivity index (χ0) is 16.4. The van der Waals surface area contributed by atoms with E-state index in [1.54, 1.807) is 36.4 Å². The van der Waals surface area contributed by atoms with Crippen molar-refractivity contribution in [2.24, 2.45) is 5.73 Å². The monoisotopic (exact) mass is 305 g/mol. The Morgan fingerprint density at radius 3 is 2.09 bits per heavy atom. The van der Waals surface area contributed by atoms with Crippen LogP contribution in [0.4, 0.5) is 0 Å². The number of nitriles is 1. The van der Waals surface area contributed by atoms with E-state index in [0.29, 0.717) is 23.1 Å². The first kappa shape index (κ1) is 14.9. The van der Waals surface area contributed by atoms with Crippen LogP contribution in [0, 0.1) is 11.3 Å². The van der Waals surface area contributed by atoms with Crippen LogP contribution in [0.1, 0.15) is 31.8 Å². The maximum Gasteiger partial charge on any atom is 0.261 e. The van der Waals surface area contributed by atoms with Crippen LogP contribution in [0.25, 0.3) is 0 Å². The molecular weight excluding hydrogens is 290 g/mol. The molecule has 2 aromatic carbocycles. The number of amides is 2. The Morgan fingerprint density at radius 2 is 1.57 bits per heavy atom. The van der Waals surface area contributed by atoms with Crippen LogP contribution in [0.15, 0.2) is 48.5 Å². The number of carbonyl (C=O) groups excluding carboxylic acids is 2. The van der Waals surface area contributed by atoms with Gasteiger partial charge in [0.2, 0.25) is 0 Å². The van der Waals surface area contributed by atoms with E-state index in [1.165, 1.54) is 4.90 Å². The highest BCUT2D eigenvalue weighted by molar-refractivity contribution is 6.21. The molecule has 0 spiro atoms. The van der Waals surface area contributed by atoms with Crippen molar-refractivity contribution in [3.8, 4) is 6.07 Å². The third kappa shape index (κ3) is 2.85. The van der Waals surface area contributed by atoms with Gasteiger partial charge in [-0.15, -0.1) is 0 Å². The normalized spacial score (nSPS) is 14.5. The fourth-order valence-corrected chi connectivity index (χ4v) is 2.72. The lowest BCUT2D eigenvalue weighted by Gasteiger charge is -2.19. The highest BCUT2D eigenvalue weighted by atomic mass is 16.2. The van der Waals surface area contributed by atoms with Crippen LogP contribution in [0.3, 0.4) is 0 Å². The van der Waals surface area contributed by atoms with Gasteiger partial charge in [0.15, 0.2) is 0 Å². The summed E-state index contributed by atoms with van der Waals surface area (Å²) in [7, 11) is 0. The van der Waals surface area contributed by atoms with Crippen molar-refractivity contribution < 1.29 is 9.59 Å². The quantitative estimate of drug-likeness (QED) is 0.871. The zero-order valence-corrected chi connectivity index (χ0v) is 12.4. The average molecular weight is 305 g/mol. The van der Waals surface area contributed by atoms with Gasteiger partial charge in [0.1, 0.15) is 0 Å². The molecule has 0 aliphatic carbocycles. The van der Waals surface area contributed by atoms with Crippen LogP contribution >= 0.6 is 0 Å². The summed E-state index contributed by atoms with van der Waals surface area (Å²) in [6.07, 6.45) is 0.527. The van der Waals surface area contributed by atoms with E-state index in [4.69, 9.17) is 11.0 Å². The summed E-state index contributed by atoms with van der Waals surface area (Å²) in [6, 6.07) is 15.6. The summed E-state index contributed by atoms with van der Waals surface area (Å²) in [6.45, 7) is 0.173. The molecule has 1 aliphatic heterocycles. The highest BCUT2D eigenvalue weighted by Crippen LogP contribution is 2.22. The van der Waals surface area contributed by atoms with Gasteiger partial charge in [0.25, 0.3) is 11.8 Å². The maximum absolute atomic E-state index is 12.3. The molecule has 23 heavy (non-hydrogen) atoms. The Kier molecular flexibility index (Phi) is 3.92. The lowest BCUT2D eigenvalue weighted by Crippen LogP contribution is -2.41. The molecule has 0 fully saturated rings. The number of nitrogens with two attached hydrogens (primary N) is 1. The standard InChI is InChI=1S/C18H15N3O2/c19-10-13-7-5-12(6-8-13)9-14(20)11-21-17(22)15-3-1-2-4-16(15)18(21)23/h1-8,14H,9,11,20H2/t14-/m1/s1. The summed E-state index contributed by atoms with van der Waals surface area (Å²) in [4.78, 5) is 25.8. The van der Waals surface area contributed by atoms with Crippen molar-refractivity contribution in [3.05, 3.63) is 70.8 Å². The predicted molar refractivity (Wildman–Crippen MR) is 84.6 cm³/mol. The molecule has 0 bridgehead atoms.